The number of nitrogens with zero attached hydrogens (tertiary/aromatic N) is 4. The average Bonchev–Trinajstić information content (AvgIpc) is 2.85. The lowest BCUT2D eigenvalue weighted by Gasteiger charge is -2.34. The Kier molecular flexibility index (Phi) is 6.18. The largest absolute Gasteiger partial charge is 0.497 e. The van der Waals surface area contributed by atoms with Crippen LogP contribution in [0.25, 0.3) is 11.3 Å². The molecule has 0 saturated carbocycles. The number of Topliss-reactive ketones (excluding diaryl/α,β-unsaturated/α-hetero) is 1. The molecule has 1 aromatic carbocycles. The first-order valence-electron chi connectivity index (χ1n) is 10.1. The molecule has 4 rings (SSSR count). The van der Waals surface area contributed by atoms with Crippen LogP contribution in [-0.2, 0) is 11.8 Å². The Balaban J connectivity index is 1.65. The van der Waals surface area contributed by atoms with Gasteiger partial charge in [0, 0.05) is 37.6 Å². The number of ketones is 1. The molecule has 9 nitrogen and oxygen atoms in total. The van der Waals surface area contributed by atoms with Crippen LogP contribution in [0.5, 0.6) is 11.5 Å². The number of hydrogen-bond acceptors (Lipinski definition) is 8. The van der Waals surface area contributed by atoms with Crippen molar-refractivity contribution in [2.75, 3.05) is 38.8 Å². The zero-order valence-corrected chi connectivity index (χ0v) is 18.1. The minimum atomic E-state index is -0.744. The highest BCUT2D eigenvalue weighted by Gasteiger charge is 2.31. The molecule has 2 aromatic heterocycles. The third-order valence-corrected chi connectivity index (χ3v) is 5.40. The number of rotatable bonds is 6. The summed E-state index contributed by atoms with van der Waals surface area (Å²) < 4.78 is 17.9. The highest BCUT2D eigenvalue weighted by atomic mass is 16.5. The van der Waals surface area contributed by atoms with Crippen molar-refractivity contribution in [3.63, 3.8) is 0 Å². The highest BCUT2D eigenvalue weighted by molar-refractivity contribution is 6.02. The average molecular weight is 436 g/mol. The maximum absolute atomic E-state index is 13.3. The number of ether oxygens (including phenoxy) is 3. The maximum atomic E-state index is 13.3. The van der Waals surface area contributed by atoms with E-state index in [0.717, 1.165) is 5.56 Å². The molecule has 0 N–H and O–H groups in total. The molecule has 0 spiro atoms. The smallest absolute Gasteiger partial charge is 0.255 e. The Morgan fingerprint density at radius 3 is 2.62 bits per heavy atom. The van der Waals surface area contributed by atoms with Crippen LogP contribution in [0.3, 0.4) is 0 Å². The van der Waals surface area contributed by atoms with E-state index in [2.05, 4.69) is 4.98 Å². The van der Waals surface area contributed by atoms with Crippen LogP contribution in [0, 0.1) is 0 Å². The summed E-state index contributed by atoms with van der Waals surface area (Å²) >= 11 is 0. The zero-order chi connectivity index (χ0) is 22.7. The van der Waals surface area contributed by atoms with E-state index in [-0.39, 0.29) is 17.9 Å². The molecular weight excluding hydrogens is 412 g/mol. The van der Waals surface area contributed by atoms with E-state index in [1.54, 1.807) is 49.8 Å². The summed E-state index contributed by atoms with van der Waals surface area (Å²) in [7, 11) is 4.71. The molecule has 32 heavy (non-hydrogen) atoms. The van der Waals surface area contributed by atoms with Crippen molar-refractivity contribution in [1.29, 1.82) is 0 Å². The number of benzene rings is 1. The number of pyridine rings is 1. The van der Waals surface area contributed by atoms with Gasteiger partial charge in [-0.3, -0.25) is 19.1 Å². The highest BCUT2D eigenvalue weighted by Crippen LogP contribution is 2.27. The van der Waals surface area contributed by atoms with Crippen LogP contribution in [0.4, 0.5) is 5.95 Å². The summed E-state index contributed by atoms with van der Waals surface area (Å²) in [4.78, 5) is 36.5. The Hall–Kier alpha value is -3.72. The summed E-state index contributed by atoms with van der Waals surface area (Å²) in [5, 5.41) is 0. The van der Waals surface area contributed by atoms with Crippen molar-refractivity contribution in [2.45, 2.75) is 6.10 Å². The van der Waals surface area contributed by atoms with Gasteiger partial charge in [-0.1, -0.05) is 0 Å². The quantitative estimate of drug-likeness (QED) is 0.541. The van der Waals surface area contributed by atoms with Crippen molar-refractivity contribution in [1.82, 2.24) is 14.5 Å². The SMILES string of the molecule is COc1ccc(OC)c(C(=O)C2CN(c3nc(-c4ccncc4)cc(=O)n3C)CCO2)c1. The summed E-state index contributed by atoms with van der Waals surface area (Å²) in [5.41, 5.74) is 1.53. The number of methoxy groups -OCH3 is 2. The predicted molar refractivity (Wildman–Crippen MR) is 119 cm³/mol. The van der Waals surface area contributed by atoms with Gasteiger partial charge < -0.3 is 19.1 Å². The first kappa shape index (κ1) is 21.5. The third kappa shape index (κ3) is 4.19. The molecular formula is C23H24N4O5. The molecule has 0 bridgehead atoms. The topological polar surface area (TPSA) is 95.8 Å². The number of hydrogen-bond donors (Lipinski definition) is 0. The Labute approximate surface area is 185 Å². The molecule has 0 amide bonds. The van der Waals surface area contributed by atoms with E-state index in [9.17, 15) is 9.59 Å². The van der Waals surface area contributed by atoms with Gasteiger partial charge in [-0.15, -0.1) is 0 Å². The fourth-order valence-corrected chi connectivity index (χ4v) is 3.65. The zero-order valence-electron chi connectivity index (χ0n) is 18.1. The van der Waals surface area contributed by atoms with Crippen LogP contribution < -0.4 is 19.9 Å². The number of anilines is 1. The first-order valence-corrected chi connectivity index (χ1v) is 10.1. The van der Waals surface area contributed by atoms with Crippen molar-refractivity contribution in [2.24, 2.45) is 7.05 Å². The van der Waals surface area contributed by atoms with E-state index in [4.69, 9.17) is 19.2 Å². The molecule has 3 aromatic rings. The monoisotopic (exact) mass is 436 g/mol. The van der Waals surface area contributed by atoms with Gasteiger partial charge in [-0.2, -0.15) is 0 Å². The Bertz CT molecular complexity index is 1180. The lowest BCUT2D eigenvalue weighted by atomic mass is 10.0. The maximum Gasteiger partial charge on any atom is 0.255 e. The van der Waals surface area contributed by atoms with Gasteiger partial charge in [-0.05, 0) is 30.3 Å². The van der Waals surface area contributed by atoms with Crippen molar-refractivity contribution in [3.8, 4) is 22.8 Å². The number of aromatic nitrogens is 3. The molecule has 1 unspecified atom stereocenters. The van der Waals surface area contributed by atoms with Gasteiger partial charge in [0.05, 0.1) is 38.6 Å². The lowest BCUT2D eigenvalue weighted by Crippen LogP contribution is -2.48. The molecule has 1 aliphatic rings. The van der Waals surface area contributed by atoms with Gasteiger partial charge in [0.25, 0.3) is 5.56 Å². The molecule has 0 radical (unpaired) electrons. The summed E-state index contributed by atoms with van der Waals surface area (Å²) in [6.07, 6.45) is 2.56. The lowest BCUT2D eigenvalue weighted by molar-refractivity contribution is 0.0334. The second-order valence-corrected chi connectivity index (χ2v) is 7.31. The molecule has 1 aliphatic heterocycles. The summed E-state index contributed by atoms with van der Waals surface area (Å²) in [5.74, 6) is 1.25. The van der Waals surface area contributed by atoms with Crippen molar-refractivity contribution >= 4 is 11.7 Å². The number of morpholine rings is 1. The Morgan fingerprint density at radius 1 is 1.12 bits per heavy atom. The van der Waals surface area contributed by atoms with Crippen LogP contribution in [0.2, 0.25) is 0 Å². The van der Waals surface area contributed by atoms with Gasteiger partial charge in [0.2, 0.25) is 5.95 Å². The normalized spacial score (nSPS) is 16.0. The number of carbonyl (C=O) groups is 1. The van der Waals surface area contributed by atoms with Crippen LogP contribution >= 0.6 is 0 Å². The molecule has 1 atom stereocenters. The second-order valence-electron chi connectivity index (χ2n) is 7.31. The fourth-order valence-electron chi connectivity index (χ4n) is 3.65. The minimum absolute atomic E-state index is 0.189. The van der Waals surface area contributed by atoms with Crippen LogP contribution in [0.1, 0.15) is 10.4 Å². The standard InChI is InChI=1S/C23H24N4O5/c1-26-21(28)13-18(15-6-8-24-9-7-15)25-23(26)27-10-11-32-20(14-27)22(29)17-12-16(30-2)4-5-19(17)31-3/h4-9,12-13,20H,10-11,14H2,1-3H3. The van der Waals surface area contributed by atoms with E-state index in [1.165, 1.54) is 24.9 Å². The van der Waals surface area contributed by atoms with Crippen molar-refractivity contribution in [3.05, 3.63) is 64.7 Å². The van der Waals surface area contributed by atoms with E-state index >= 15 is 0 Å². The van der Waals surface area contributed by atoms with Gasteiger partial charge in [-0.25, -0.2) is 4.98 Å². The molecule has 0 aliphatic carbocycles. The van der Waals surface area contributed by atoms with Crippen LogP contribution in [0.15, 0.2) is 53.6 Å². The fraction of sp³-hybridized carbons (Fsp3) is 0.304. The van der Waals surface area contributed by atoms with E-state index in [0.29, 0.717) is 41.9 Å². The van der Waals surface area contributed by atoms with Crippen molar-refractivity contribution < 1.29 is 19.0 Å². The first-order chi connectivity index (χ1) is 15.5. The second kappa shape index (κ2) is 9.19. The molecule has 1 fully saturated rings. The number of carbonyl (C=O) groups excluding carboxylic acids is 1. The summed E-state index contributed by atoms with van der Waals surface area (Å²) in [6, 6.07) is 10.1. The molecule has 9 heteroatoms. The summed E-state index contributed by atoms with van der Waals surface area (Å²) in [6.45, 7) is 1.07. The van der Waals surface area contributed by atoms with Crippen LogP contribution in [-0.4, -0.2) is 60.3 Å². The van der Waals surface area contributed by atoms with E-state index in [1.807, 2.05) is 4.90 Å². The predicted octanol–water partition coefficient (Wildman–Crippen LogP) is 1.95. The molecule has 1 saturated heterocycles. The van der Waals surface area contributed by atoms with Gasteiger partial charge in [0.1, 0.15) is 17.6 Å². The van der Waals surface area contributed by atoms with Gasteiger partial charge in [0.15, 0.2) is 5.78 Å². The van der Waals surface area contributed by atoms with Gasteiger partial charge >= 0.3 is 0 Å². The van der Waals surface area contributed by atoms with E-state index < -0.39 is 6.10 Å². The third-order valence-electron chi connectivity index (χ3n) is 5.40. The minimum Gasteiger partial charge on any atom is -0.497 e. The molecule has 166 valence electrons. The molecule has 3 heterocycles. The Morgan fingerprint density at radius 2 is 1.91 bits per heavy atom.